The van der Waals surface area contributed by atoms with Gasteiger partial charge in [0.1, 0.15) is 0 Å². The first-order valence-corrected chi connectivity index (χ1v) is 7.31. The minimum atomic E-state index is 0.101. The summed E-state index contributed by atoms with van der Waals surface area (Å²) >= 11 is 1.69. The van der Waals surface area contributed by atoms with Crippen LogP contribution in [0.25, 0.3) is 10.8 Å². The molecule has 20 heavy (non-hydrogen) atoms. The maximum absolute atomic E-state index is 11.9. The number of nitrogens with zero attached hydrogens (tertiary/aromatic N) is 1. The first-order valence-electron chi connectivity index (χ1n) is 6.49. The van der Waals surface area contributed by atoms with Crippen LogP contribution in [0.2, 0.25) is 0 Å². The van der Waals surface area contributed by atoms with Crippen LogP contribution in [0.15, 0.2) is 64.5 Å². The third-order valence-electron chi connectivity index (χ3n) is 3.34. The molecule has 2 nitrogen and oxygen atoms in total. The van der Waals surface area contributed by atoms with Crippen LogP contribution in [0.1, 0.15) is 17.4 Å². The number of hydrogen-bond donors (Lipinski definition) is 0. The van der Waals surface area contributed by atoms with Crippen LogP contribution in [0.4, 0.5) is 0 Å². The zero-order valence-electron chi connectivity index (χ0n) is 11.5. The Morgan fingerprint density at radius 3 is 2.20 bits per heavy atom. The van der Waals surface area contributed by atoms with Gasteiger partial charge in [-0.2, -0.15) is 0 Å². The molecule has 0 radical (unpaired) electrons. The van der Waals surface area contributed by atoms with Gasteiger partial charge in [-0.15, -0.1) is 0 Å². The summed E-state index contributed by atoms with van der Waals surface area (Å²) in [6, 6.07) is 18.3. The van der Waals surface area contributed by atoms with Gasteiger partial charge in [-0.05, 0) is 12.1 Å². The average molecular weight is 281 g/mol. The summed E-state index contributed by atoms with van der Waals surface area (Å²) in [6.45, 7) is 1.62. The summed E-state index contributed by atoms with van der Waals surface area (Å²) < 4.78 is 2.00. The molecule has 1 heterocycles. The van der Waals surface area contributed by atoms with E-state index < -0.39 is 0 Å². The molecule has 0 saturated heterocycles. The molecule has 0 saturated carbocycles. The van der Waals surface area contributed by atoms with E-state index in [1.165, 1.54) is 4.90 Å². The maximum Gasteiger partial charge on any atom is 0.176 e. The van der Waals surface area contributed by atoms with E-state index in [4.69, 9.17) is 0 Å². The average Bonchev–Trinajstić information content (AvgIpc) is 2.73. The van der Waals surface area contributed by atoms with Crippen LogP contribution in [-0.2, 0) is 7.05 Å². The summed E-state index contributed by atoms with van der Waals surface area (Å²) in [5.41, 5.74) is 0.777. The summed E-state index contributed by atoms with van der Waals surface area (Å²) in [6.07, 6.45) is 0. The molecule has 0 aliphatic heterocycles. The summed E-state index contributed by atoms with van der Waals surface area (Å²) in [4.78, 5) is 13.1. The van der Waals surface area contributed by atoms with E-state index in [0.29, 0.717) is 0 Å². The van der Waals surface area contributed by atoms with Crippen LogP contribution in [-0.4, -0.2) is 10.4 Å². The quantitative estimate of drug-likeness (QED) is 0.658. The molecule has 2 aromatic carbocycles. The van der Waals surface area contributed by atoms with E-state index in [1.807, 2.05) is 48.0 Å². The Labute approximate surface area is 122 Å². The topological polar surface area (TPSA) is 22.0 Å². The molecule has 0 aliphatic carbocycles. The smallest absolute Gasteiger partial charge is 0.176 e. The molecule has 0 spiro atoms. The van der Waals surface area contributed by atoms with Crippen LogP contribution in [0, 0.1) is 0 Å². The van der Waals surface area contributed by atoms with Gasteiger partial charge in [0.25, 0.3) is 0 Å². The van der Waals surface area contributed by atoms with Crippen LogP contribution >= 0.6 is 11.8 Å². The fourth-order valence-corrected chi connectivity index (χ4v) is 3.52. The first-order chi connectivity index (χ1) is 9.68. The first kappa shape index (κ1) is 13.0. The lowest BCUT2D eigenvalue weighted by molar-refractivity contribution is 0.101. The lowest BCUT2D eigenvalue weighted by Gasteiger charge is -2.05. The van der Waals surface area contributed by atoms with Gasteiger partial charge in [-0.3, -0.25) is 4.79 Å². The Hall–Kier alpha value is -2.00. The zero-order chi connectivity index (χ0) is 14.1. The summed E-state index contributed by atoms with van der Waals surface area (Å²) in [5, 5.41) is 3.27. The highest BCUT2D eigenvalue weighted by atomic mass is 32.2. The minimum Gasteiger partial charge on any atom is -0.335 e. The van der Waals surface area contributed by atoms with Gasteiger partial charge in [-0.1, -0.05) is 54.2 Å². The van der Waals surface area contributed by atoms with Crippen molar-refractivity contribution < 1.29 is 4.79 Å². The standard InChI is InChI=1S/C17H15NOS/c1-12(19)16-14-10-6-7-11-15(14)17(18(16)2)20-13-8-4-3-5-9-13/h3-11H,1-2H3. The Bertz CT molecular complexity index is 774. The Morgan fingerprint density at radius 1 is 0.950 bits per heavy atom. The molecular weight excluding hydrogens is 266 g/mol. The minimum absolute atomic E-state index is 0.101. The van der Waals surface area contributed by atoms with Crippen molar-refractivity contribution >= 4 is 28.3 Å². The number of Topliss-reactive ketones (excluding diaryl/α,β-unsaturated/α-hetero) is 1. The number of fused-ring (bicyclic) bond motifs is 1. The summed E-state index contributed by atoms with van der Waals surface area (Å²) in [7, 11) is 1.96. The molecular formula is C17H15NOS. The summed E-state index contributed by atoms with van der Waals surface area (Å²) in [5.74, 6) is 0.101. The number of rotatable bonds is 3. The van der Waals surface area contributed by atoms with E-state index >= 15 is 0 Å². The van der Waals surface area contributed by atoms with Crippen molar-refractivity contribution in [1.82, 2.24) is 4.57 Å². The highest BCUT2D eigenvalue weighted by molar-refractivity contribution is 7.99. The Kier molecular flexibility index (Phi) is 3.36. The van der Waals surface area contributed by atoms with Gasteiger partial charge < -0.3 is 4.57 Å². The van der Waals surface area contributed by atoms with E-state index in [9.17, 15) is 4.79 Å². The SMILES string of the molecule is CC(=O)c1c2ccccc2c(Sc2ccccc2)n1C. The van der Waals surface area contributed by atoms with Crippen molar-refractivity contribution in [3.8, 4) is 0 Å². The van der Waals surface area contributed by atoms with E-state index in [2.05, 4.69) is 18.2 Å². The van der Waals surface area contributed by atoms with Crippen LogP contribution in [0.5, 0.6) is 0 Å². The van der Waals surface area contributed by atoms with Crippen molar-refractivity contribution in [2.24, 2.45) is 7.05 Å². The number of hydrogen-bond acceptors (Lipinski definition) is 2. The number of ketones is 1. The van der Waals surface area contributed by atoms with E-state index in [-0.39, 0.29) is 5.78 Å². The molecule has 0 aliphatic rings. The van der Waals surface area contributed by atoms with E-state index in [0.717, 1.165) is 21.5 Å². The molecule has 100 valence electrons. The number of carbonyl (C=O) groups is 1. The van der Waals surface area contributed by atoms with Gasteiger partial charge in [0.05, 0.1) is 10.7 Å². The molecule has 0 fully saturated rings. The Morgan fingerprint density at radius 2 is 1.55 bits per heavy atom. The van der Waals surface area contributed by atoms with Gasteiger partial charge in [0.15, 0.2) is 5.78 Å². The highest BCUT2D eigenvalue weighted by Gasteiger charge is 2.17. The maximum atomic E-state index is 11.9. The third-order valence-corrected chi connectivity index (χ3v) is 4.54. The van der Waals surface area contributed by atoms with Crippen molar-refractivity contribution in [2.45, 2.75) is 16.8 Å². The molecule has 3 rings (SSSR count). The van der Waals surface area contributed by atoms with Gasteiger partial charge >= 0.3 is 0 Å². The van der Waals surface area contributed by atoms with Crippen molar-refractivity contribution in [3.63, 3.8) is 0 Å². The molecule has 0 unspecified atom stereocenters. The van der Waals surface area contributed by atoms with Crippen molar-refractivity contribution in [2.75, 3.05) is 0 Å². The normalized spacial score (nSPS) is 10.9. The van der Waals surface area contributed by atoms with Crippen molar-refractivity contribution in [1.29, 1.82) is 0 Å². The molecule has 0 N–H and O–H groups in total. The second-order valence-electron chi connectivity index (χ2n) is 4.73. The molecule has 0 amide bonds. The monoisotopic (exact) mass is 281 g/mol. The molecule has 0 bridgehead atoms. The van der Waals surface area contributed by atoms with Gasteiger partial charge in [0.2, 0.25) is 0 Å². The third kappa shape index (κ3) is 2.14. The fraction of sp³-hybridized carbons (Fsp3) is 0.118. The van der Waals surface area contributed by atoms with Gasteiger partial charge in [-0.25, -0.2) is 0 Å². The molecule has 3 heteroatoms. The van der Waals surface area contributed by atoms with E-state index in [1.54, 1.807) is 18.7 Å². The highest BCUT2D eigenvalue weighted by Crippen LogP contribution is 2.36. The van der Waals surface area contributed by atoms with Crippen LogP contribution in [0.3, 0.4) is 0 Å². The van der Waals surface area contributed by atoms with Gasteiger partial charge in [0, 0.05) is 29.6 Å². The second kappa shape index (κ2) is 5.17. The zero-order valence-corrected chi connectivity index (χ0v) is 12.3. The predicted octanol–water partition coefficient (Wildman–Crippen LogP) is 4.53. The molecule has 3 aromatic rings. The molecule has 1 aromatic heterocycles. The number of benzene rings is 2. The lowest BCUT2D eigenvalue weighted by Crippen LogP contribution is -2.02. The number of aromatic nitrogens is 1. The van der Waals surface area contributed by atoms with Crippen LogP contribution < -0.4 is 0 Å². The Balaban J connectivity index is 2.20. The fourth-order valence-electron chi connectivity index (χ4n) is 2.49. The largest absolute Gasteiger partial charge is 0.335 e. The lowest BCUT2D eigenvalue weighted by atomic mass is 10.1. The second-order valence-corrected chi connectivity index (χ2v) is 5.79. The predicted molar refractivity (Wildman–Crippen MR) is 83.5 cm³/mol. The molecule has 0 atom stereocenters. The van der Waals surface area contributed by atoms with Crippen molar-refractivity contribution in [3.05, 3.63) is 60.3 Å². The number of carbonyl (C=O) groups excluding carboxylic acids is 1.